The second-order valence-corrected chi connectivity index (χ2v) is 4.77. The Morgan fingerprint density at radius 3 is 2.11 bits per heavy atom. The molecule has 1 fully saturated rings. The van der Waals surface area contributed by atoms with Crippen LogP contribution in [-0.4, -0.2) is 11.1 Å². The van der Waals surface area contributed by atoms with Gasteiger partial charge in [-0.15, -0.1) is 0 Å². The summed E-state index contributed by atoms with van der Waals surface area (Å²) in [5, 5.41) is 8.92. The number of hydrogen-bond donors (Lipinski definition) is 1. The van der Waals surface area contributed by atoms with Gasteiger partial charge in [0.2, 0.25) is 0 Å². The third-order valence-electron chi connectivity index (χ3n) is 3.55. The molecule has 1 saturated carbocycles. The lowest BCUT2D eigenvalue weighted by atomic mass is 10.0. The molecule has 18 heavy (non-hydrogen) atoms. The molecule has 2 atom stereocenters. The molecule has 0 heterocycles. The summed E-state index contributed by atoms with van der Waals surface area (Å²) < 4.78 is 0. The van der Waals surface area contributed by atoms with Gasteiger partial charge in [-0.25, -0.2) is 0 Å². The minimum Gasteiger partial charge on any atom is -0.481 e. The number of carboxylic acid groups (broad SMARTS) is 1. The molecule has 0 spiro atoms. The number of rotatable bonds is 3. The summed E-state index contributed by atoms with van der Waals surface area (Å²) in [5.41, 5.74) is 3.50. The molecular weight excluding hydrogens is 224 g/mol. The van der Waals surface area contributed by atoms with Gasteiger partial charge >= 0.3 is 5.97 Å². The van der Waals surface area contributed by atoms with Crippen molar-refractivity contribution in [3.63, 3.8) is 0 Å². The monoisotopic (exact) mass is 238 g/mol. The van der Waals surface area contributed by atoms with Gasteiger partial charge in [-0.1, -0.05) is 54.6 Å². The molecule has 0 saturated heterocycles. The van der Waals surface area contributed by atoms with Crippen molar-refractivity contribution in [2.45, 2.75) is 12.3 Å². The first kappa shape index (κ1) is 11.0. The van der Waals surface area contributed by atoms with Gasteiger partial charge in [-0.05, 0) is 29.0 Å². The van der Waals surface area contributed by atoms with Crippen LogP contribution in [-0.2, 0) is 4.79 Å². The van der Waals surface area contributed by atoms with Crippen molar-refractivity contribution in [2.75, 3.05) is 0 Å². The highest BCUT2D eigenvalue weighted by molar-refractivity contribution is 5.75. The molecule has 2 heteroatoms. The number of carboxylic acids is 1. The van der Waals surface area contributed by atoms with Gasteiger partial charge < -0.3 is 5.11 Å². The van der Waals surface area contributed by atoms with Crippen molar-refractivity contribution in [1.29, 1.82) is 0 Å². The normalized spacial score (nSPS) is 21.6. The first-order valence-corrected chi connectivity index (χ1v) is 6.14. The maximum absolute atomic E-state index is 10.8. The van der Waals surface area contributed by atoms with Gasteiger partial charge in [0.25, 0.3) is 0 Å². The minimum absolute atomic E-state index is 0.174. The molecule has 1 N–H and O–H groups in total. The van der Waals surface area contributed by atoms with E-state index in [4.69, 9.17) is 5.11 Å². The number of carbonyl (C=O) groups is 1. The number of hydrogen-bond acceptors (Lipinski definition) is 1. The van der Waals surface area contributed by atoms with E-state index in [2.05, 4.69) is 36.4 Å². The Kier molecular flexibility index (Phi) is 2.63. The zero-order chi connectivity index (χ0) is 12.5. The summed E-state index contributed by atoms with van der Waals surface area (Å²) in [7, 11) is 0. The Morgan fingerprint density at radius 2 is 1.56 bits per heavy atom. The Labute approximate surface area is 106 Å². The Hall–Kier alpha value is -2.09. The maximum Gasteiger partial charge on any atom is 0.307 e. The highest BCUT2D eigenvalue weighted by atomic mass is 16.4. The first-order chi connectivity index (χ1) is 8.75. The molecular formula is C16H14O2. The predicted octanol–water partition coefficient (Wildman–Crippen LogP) is 3.54. The van der Waals surface area contributed by atoms with Crippen LogP contribution in [0.5, 0.6) is 0 Å². The quantitative estimate of drug-likeness (QED) is 0.888. The van der Waals surface area contributed by atoms with Crippen molar-refractivity contribution < 1.29 is 9.90 Å². The van der Waals surface area contributed by atoms with E-state index >= 15 is 0 Å². The zero-order valence-corrected chi connectivity index (χ0v) is 9.91. The summed E-state index contributed by atoms with van der Waals surface area (Å²) >= 11 is 0. The van der Waals surface area contributed by atoms with Crippen molar-refractivity contribution in [2.24, 2.45) is 5.92 Å². The molecule has 0 aromatic heterocycles. The molecule has 2 aromatic carbocycles. The zero-order valence-electron chi connectivity index (χ0n) is 9.91. The third kappa shape index (κ3) is 2.02. The molecule has 2 unspecified atom stereocenters. The fraction of sp³-hybridized carbons (Fsp3) is 0.188. The predicted molar refractivity (Wildman–Crippen MR) is 70.4 cm³/mol. The van der Waals surface area contributed by atoms with Crippen LogP contribution in [0.2, 0.25) is 0 Å². The van der Waals surface area contributed by atoms with Gasteiger partial charge in [0, 0.05) is 0 Å². The average molecular weight is 238 g/mol. The molecule has 0 aliphatic heterocycles. The maximum atomic E-state index is 10.8. The second-order valence-electron chi connectivity index (χ2n) is 4.77. The Bertz CT molecular complexity index is 557. The molecule has 2 nitrogen and oxygen atoms in total. The average Bonchev–Trinajstić information content (AvgIpc) is 3.20. The van der Waals surface area contributed by atoms with Crippen molar-refractivity contribution >= 4 is 5.97 Å². The van der Waals surface area contributed by atoms with Crippen LogP contribution >= 0.6 is 0 Å². The molecule has 0 amide bonds. The second kappa shape index (κ2) is 4.30. The lowest BCUT2D eigenvalue weighted by Gasteiger charge is -2.03. The van der Waals surface area contributed by atoms with E-state index in [1.165, 1.54) is 11.1 Å². The van der Waals surface area contributed by atoms with E-state index in [-0.39, 0.29) is 11.8 Å². The van der Waals surface area contributed by atoms with Crippen molar-refractivity contribution in [3.05, 3.63) is 60.2 Å². The SMILES string of the molecule is O=C(O)C1CC1c1ccc(-c2ccccc2)cc1. The summed E-state index contributed by atoms with van der Waals surface area (Å²) in [6.45, 7) is 0. The van der Waals surface area contributed by atoms with Crippen LogP contribution in [0.4, 0.5) is 0 Å². The van der Waals surface area contributed by atoms with Gasteiger partial charge in [0.1, 0.15) is 0 Å². The molecule has 90 valence electrons. The molecule has 1 aliphatic rings. The van der Waals surface area contributed by atoms with Gasteiger partial charge in [0.05, 0.1) is 5.92 Å². The van der Waals surface area contributed by atoms with E-state index in [1.54, 1.807) is 0 Å². The molecule has 1 aliphatic carbocycles. The van der Waals surface area contributed by atoms with Crippen LogP contribution in [0.3, 0.4) is 0 Å². The highest BCUT2D eigenvalue weighted by Gasteiger charge is 2.43. The summed E-state index contributed by atoms with van der Waals surface area (Å²) in [6, 6.07) is 18.4. The van der Waals surface area contributed by atoms with Crippen LogP contribution < -0.4 is 0 Å². The highest BCUT2D eigenvalue weighted by Crippen LogP contribution is 2.47. The van der Waals surface area contributed by atoms with Gasteiger partial charge in [0.15, 0.2) is 0 Å². The van der Waals surface area contributed by atoms with E-state index in [0.717, 1.165) is 12.0 Å². The van der Waals surface area contributed by atoms with Crippen LogP contribution in [0, 0.1) is 5.92 Å². The number of aliphatic carboxylic acids is 1. The standard InChI is InChI=1S/C16H14O2/c17-16(18)15-10-14(15)13-8-6-12(7-9-13)11-4-2-1-3-5-11/h1-9,14-15H,10H2,(H,17,18). The van der Waals surface area contributed by atoms with Gasteiger partial charge in [-0.3, -0.25) is 4.79 Å². The van der Waals surface area contributed by atoms with Crippen molar-refractivity contribution in [3.8, 4) is 11.1 Å². The molecule has 2 aromatic rings. The molecule has 0 radical (unpaired) electrons. The fourth-order valence-corrected chi connectivity index (χ4v) is 2.39. The Balaban J connectivity index is 1.81. The third-order valence-corrected chi connectivity index (χ3v) is 3.55. The lowest BCUT2D eigenvalue weighted by molar-refractivity contribution is -0.138. The largest absolute Gasteiger partial charge is 0.481 e. The summed E-state index contributed by atoms with van der Waals surface area (Å²) in [4.78, 5) is 10.8. The van der Waals surface area contributed by atoms with Crippen LogP contribution in [0.15, 0.2) is 54.6 Å². The van der Waals surface area contributed by atoms with Gasteiger partial charge in [-0.2, -0.15) is 0 Å². The summed E-state index contributed by atoms with van der Waals surface area (Å²) in [6.07, 6.45) is 0.778. The topological polar surface area (TPSA) is 37.3 Å². The van der Waals surface area contributed by atoms with E-state index < -0.39 is 5.97 Å². The van der Waals surface area contributed by atoms with E-state index in [9.17, 15) is 4.79 Å². The molecule has 3 rings (SSSR count). The van der Waals surface area contributed by atoms with E-state index in [1.807, 2.05) is 18.2 Å². The first-order valence-electron chi connectivity index (χ1n) is 6.14. The van der Waals surface area contributed by atoms with Crippen molar-refractivity contribution in [1.82, 2.24) is 0 Å². The Morgan fingerprint density at radius 1 is 0.944 bits per heavy atom. The van der Waals surface area contributed by atoms with Crippen LogP contribution in [0.25, 0.3) is 11.1 Å². The fourth-order valence-electron chi connectivity index (χ4n) is 2.39. The number of benzene rings is 2. The van der Waals surface area contributed by atoms with E-state index in [0.29, 0.717) is 0 Å². The van der Waals surface area contributed by atoms with Crippen LogP contribution in [0.1, 0.15) is 17.9 Å². The molecule has 0 bridgehead atoms. The lowest BCUT2D eigenvalue weighted by Crippen LogP contribution is -1.98. The summed E-state index contributed by atoms with van der Waals surface area (Å²) in [5.74, 6) is -0.632. The minimum atomic E-state index is -0.674. The smallest absolute Gasteiger partial charge is 0.307 e.